The van der Waals surface area contributed by atoms with Crippen molar-refractivity contribution in [3.05, 3.63) is 19.9 Å². The van der Waals surface area contributed by atoms with Gasteiger partial charge >= 0.3 is 0 Å². The molecule has 0 aliphatic heterocycles. The van der Waals surface area contributed by atoms with Gasteiger partial charge in [-0.05, 0) is 46.1 Å². The summed E-state index contributed by atoms with van der Waals surface area (Å²) < 4.78 is 1.31. The maximum absolute atomic E-state index is 5.32. The summed E-state index contributed by atoms with van der Waals surface area (Å²) in [5, 5.41) is 5.55. The molecule has 0 spiro atoms. The Morgan fingerprint density at radius 1 is 1.77 bits per heavy atom. The highest BCUT2D eigenvalue weighted by Gasteiger charge is 2.09. The molecule has 3 heteroatoms. The zero-order chi connectivity index (χ0) is 9.68. The summed E-state index contributed by atoms with van der Waals surface area (Å²) in [4.78, 5) is 0. The fourth-order valence-electron chi connectivity index (χ4n) is 1.18. The van der Waals surface area contributed by atoms with Crippen LogP contribution in [-0.2, 0) is 0 Å². The highest BCUT2D eigenvalue weighted by Crippen LogP contribution is 2.23. The second kappa shape index (κ2) is 5.63. The highest BCUT2D eigenvalue weighted by molar-refractivity contribution is 14.1. The number of terminal acetylenes is 1. The van der Waals surface area contributed by atoms with Gasteiger partial charge in [-0.25, -0.2) is 0 Å². The first-order chi connectivity index (χ1) is 6.27. The van der Waals surface area contributed by atoms with Gasteiger partial charge < -0.3 is 5.32 Å². The van der Waals surface area contributed by atoms with Gasteiger partial charge in [-0.15, -0.1) is 23.7 Å². The summed E-state index contributed by atoms with van der Waals surface area (Å²) in [6.07, 6.45) is 6.08. The SMILES string of the molecule is C#CCC(NCC)c1csc(I)c1. The molecule has 70 valence electrons. The lowest BCUT2D eigenvalue weighted by Gasteiger charge is -2.12. The molecule has 1 aromatic rings. The van der Waals surface area contributed by atoms with E-state index in [0.717, 1.165) is 13.0 Å². The van der Waals surface area contributed by atoms with Crippen LogP contribution in [0.5, 0.6) is 0 Å². The molecule has 1 nitrogen and oxygen atoms in total. The van der Waals surface area contributed by atoms with Gasteiger partial charge in [0.05, 0.1) is 2.88 Å². The molecule has 1 rings (SSSR count). The molecule has 1 atom stereocenters. The predicted octanol–water partition coefficient (Wildman–Crippen LogP) is 3.03. The van der Waals surface area contributed by atoms with Gasteiger partial charge in [0, 0.05) is 12.5 Å². The van der Waals surface area contributed by atoms with E-state index < -0.39 is 0 Å². The van der Waals surface area contributed by atoms with Crippen molar-refractivity contribution in [2.24, 2.45) is 0 Å². The lowest BCUT2D eigenvalue weighted by molar-refractivity contribution is 0.567. The van der Waals surface area contributed by atoms with Crippen molar-refractivity contribution in [3.63, 3.8) is 0 Å². The molecule has 0 aromatic carbocycles. The minimum absolute atomic E-state index is 0.328. The van der Waals surface area contributed by atoms with E-state index in [1.54, 1.807) is 11.3 Å². The van der Waals surface area contributed by atoms with Crippen molar-refractivity contribution >= 4 is 33.9 Å². The van der Waals surface area contributed by atoms with Crippen LogP contribution in [-0.4, -0.2) is 6.54 Å². The van der Waals surface area contributed by atoms with E-state index in [0.29, 0.717) is 6.04 Å². The first kappa shape index (κ1) is 11.0. The maximum Gasteiger partial charge on any atom is 0.0656 e. The molecule has 0 amide bonds. The van der Waals surface area contributed by atoms with Crippen LogP contribution in [0.25, 0.3) is 0 Å². The van der Waals surface area contributed by atoms with Gasteiger partial charge in [0.2, 0.25) is 0 Å². The first-order valence-corrected chi connectivity index (χ1v) is 6.14. The standard InChI is InChI=1S/C10H12INS/c1-3-5-9(12-4-2)8-6-10(11)13-7-8/h1,6-7,9,12H,4-5H2,2H3. The third-order valence-electron chi connectivity index (χ3n) is 1.76. The zero-order valence-electron chi connectivity index (χ0n) is 7.51. The van der Waals surface area contributed by atoms with Crippen LogP contribution in [0.3, 0.4) is 0 Å². The third kappa shape index (κ3) is 3.29. The predicted molar refractivity (Wildman–Crippen MR) is 66.9 cm³/mol. The number of hydrogen-bond donors (Lipinski definition) is 1. The Kier molecular flexibility index (Phi) is 4.78. The number of nitrogens with one attached hydrogen (secondary N) is 1. The maximum atomic E-state index is 5.32. The lowest BCUT2D eigenvalue weighted by atomic mass is 10.1. The largest absolute Gasteiger partial charge is 0.309 e. The quantitative estimate of drug-likeness (QED) is 0.666. The Bertz CT molecular complexity index is 300. The van der Waals surface area contributed by atoms with Gasteiger partial charge in [-0.3, -0.25) is 0 Å². The molecule has 0 bridgehead atoms. The van der Waals surface area contributed by atoms with E-state index in [-0.39, 0.29) is 0 Å². The highest BCUT2D eigenvalue weighted by atomic mass is 127. The van der Waals surface area contributed by atoms with Gasteiger partial charge in [0.1, 0.15) is 0 Å². The molecule has 0 saturated heterocycles. The van der Waals surface area contributed by atoms with Crippen molar-refractivity contribution in [1.82, 2.24) is 5.32 Å². The van der Waals surface area contributed by atoms with E-state index >= 15 is 0 Å². The Balaban J connectivity index is 2.70. The third-order valence-corrected chi connectivity index (χ3v) is 3.57. The van der Waals surface area contributed by atoms with E-state index in [4.69, 9.17) is 6.42 Å². The molecular weight excluding hydrogens is 293 g/mol. The Morgan fingerprint density at radius 2 is 2.54 bits per heavy atom. The van der Waals surface area contributed by atoms with Crippen molar-refractivity contribution < 1.29 is 0 Å². The Morgan fingerprint density at radius 3 is 3.00 bits per heavy atom. The van der Waals surface area contributed by atoms with E-state index in [2.05, 4.69) is 52.2 Å². The molecule has 1 heterocycles. The smallest absolute Gasteiger partial charge is 0.0656 e. The van der Waals surface area contributed by atoms with Crippen LogP contribution in [0, 0.1) is 15.2 Å². The van der Waals surface area contributed by atoms with Crippen molar-refractivity contribution in [2.75, 3.05) is 6.54 Å². The topological polar surface area (TPSA) is 12.0 Å². The van der Waals surface area contributed by atoms with Crippen LogP contribution in [0.1, 0.15) is 24.9 Å². The van der Waals surface area contributed by atoms with Gasteiger partial charge in [0.15, 0.2) is 0 Å². The van der Waals surface area contributed by atoms with Crippen molar-refractivity contribution in [2.45, 2.75) is 19.4 Å². The number of rotatable bonds is 4. The summed E-state index contributed by atoms with van der Waals surface area (Å²) in [5.41, 5.74) is 1.31. The van der Waals surface area contributed by atoms with E-state index in [1.807, 2.05) is 0 Å². The Labute approximate surface area is 97.1 Å². The van der Waals surface area contributed by atoms with Crippen LogP contribution in [0.2, 0.25) is 0 Å². The van der Waals surface area contributed by atoms with Crippen LogP contribution in [0.15, 0.2) is 11.4 Å². The summed E-state index contributed by atoms with van der Waals surface area (Å²) >= 11 is 4.09. The average Bonchev–Trinajstić information content (AvgIpc) is 2.51. The molecule has 0 aliphatic rings. The lowest BCUT2D eigenvalue weighted by Crippen LogP contribution is -2.19. The molecule has 13 heavy (non-hydrogen) atoms. The van der Waals surface area contributed by atoms with Gasteiger partial charge in [-0.2, -0.15) is 0 Å². The summed E-state index contributed by atoms with van der Waals surface area (Å²) in [6.45, 7) is 3.06. The second-order valence-corrected chi connectivity index (χ2v) is 5.51. The average molecular weight is 305 g/mol. The minimum atomic E-state index is 0.328. The molecule has 1 aromatic heterocycles. The first-order valence-electron chi connectivity index (χ1n) is 4.18. The minimum Gasteiger partial charge on any atom is -0.309 e. The fraction of sp³-hybridized carbons (Fsp3) is 0.400. The summed E-state index contributed by atoms with van der Waals surface area (Å²) in [7, 11) is 0. The number of halogens is 1. The number of thiophene rings is 1. The van der Waals surface area contributed by atoms with Crippen molar-refractivity contribution in [3.8, 4) is 12.3 Å². The van der Waals surface area contributed by atoms with E-state index in [1.165, 1.54) is 8.45 Å². The second-order valence-electron chi connectivity index (χ2n) is 2.70. The van der Waals surface area contributed by atoms with Gasteiger partial charge in [-0.1, -0.05) is 6.92 Å². The zero-order valence-corrected chi connectivity index (χ0v) is 10.5. The van der Waals surface area contributed by atoms with Crippen molar-refractivity contribution in [1.29, 1.82) is 0 Å². The monoisotopic (exact) mass is 305 g/mol. The van der Waals surface area contributed by atoms with Gasteiger partial charge in [0.25, 0.3) is 0 Å². The normalized spacial score (nSPS) is 12.4. The van der Waals surface area contributed by atoms with Crippen LogP contribution >= 0.6 is 33.9 Å². The Hall–Kier alpha value is -0.0500. The van der Waals surface area contributed by atoms with E-state index in [9.17, 15) is 0 Å². The molecule has 0 saturated carbocycles. The summed E-state index contributed by atoms with van der Waals surface area (Å²) in [6, 6.07) is 2.52. The number of hydrogen-bond acceptors (Lipinski definition) is 2. The summed E-state index contributed by atoms with van der Waals surface area (Å²) in [5.74, 6) is 2.70. The van der Waals surface area contributed by atoms with Crippen LogP contribution < -0.4 is 5.32 Å². The molecule has 1 unspecified atom stereocenters. The molecule has 0 fully saturated rings. The van der Waals surface area contributed by atoms with Crippen LogP contribution in [0.4, 0.5) is 0 Å². The molecule has 0 aliphatic carbocycles. The fourth-order valence-corrected chi connectivity index (χ4v) is 2.60. The molecule has 0 radical (unpaired) electrons. The molecular formula is C10H12INS. The molecule has 1 N–H and O–H groups in total.